The van der Waals surface area contributed by atoms with Crippen molar-refractivity contribution in [2.45, 2.75) is 25.3 Å². The molecule has 0 aromatic heterocycles. The van der Waals surface area contributed by atoms with Crippen LogP contribution in [0.25, 0.3) is 0 Å². The Morgan fingerprint density at radius 1 is 1.11 bits per heavy atom. The van der Waals surface area contributed by atoms with Crippen LogP contribution in [0, 0.1) is 5.82 Å². The largest absolute Gasteiger partial charge is 0.329 e. The average Bonchev–Trinajstić information content (AvgIpc) is 2.44. The van der Waals surface area contributed by atoms with Gasteiger partial charge in [0.25, 0.3) is 0 Å². The average molecular weight is 262 g/mol. The van der Waals surface area contributed by atoms with Gasteiger partial charge in [-0.1, -0.05) is 0 Å². The molecule has 100 valence electrons. The van der Waals surface area contributed by atoms with Crippen LogP contribution < -0.4 is 4.90 Å². The van der Waals surface area contributed by atoms with Crippen LogP contribution in [0.3, 0.4) is 0 Å². The van der Waals surface area contributed by atoms with Gasteiger partial charge in [0.2, 0.25) is 11.8 Å². The number of nitrogens with zero attached hydrogens (tertiary/aromatic N) is 2. The minimum Gasteiger partial charge on any atom is -0.329 e. The molecule has 0 aliphatic carbocycles. The van der Waals surface area contributed by atoms with E-state index in [1.807, 2.05) is 0 Å². The van der Waals surface area contributed by atoms with E-state index < -0.39 is 0 Å². The lowest BCUT2D eigenvalue weighted by molar-refractivity contribution is -0.144. The molecule has 0 N–H and O–H groups in total. The molecule has 19 heavy (non-hydrogen) atoms. The Hall–Kier alpha value is -1.91. The van der Waals surface area contributed by atoms with Gasteiger partial charge in [0.05, 0.1) is 0 Å². The standard InChI is InChI=1S/C14H15FN2O2/c15-10-4-6-11(7-5-10)17-9-13(18)16-8-2-1-3-12(16)14(17)19/h4-7,12H,1-3,8-9H2. The molecule has 3 rings (SSSR count). The second-order valence-corrected chi connectivity index (χ2v) is 5.00. The van der Waals surface area contributed by atoms with Gasteiger partial charge in [-0.3, -0.25) is 9.59 Å². The summed E-state index contributed by atoms with van der Waals surface area (Å²) in [6.07, 6.45) is 2.66. The summed E-state index contributed by atoms with van der Waals surface area (Å²) >= 11 is 0. The van der Waals surface area contributed by atoms with E-state index in [-0.39, 0.29) is 30.2 Å². The zero-order valence-electron chi connectivity index (χ0n) is 10.5. The molecule has 0 saturated carbocycles. The van der Waals surface area contributed by atoms with Gasteiger partial charge in [0.15, 0.2) is 0 Å². The van der Waals surface area contributed by atoms with Crippen molar-refractivity contribution in [3.8, 4) is 0 Å². The summed E-state index contributed by atoms with van der Waals surface area (Å²) in [4.78, 5) is 27.7. The molecule has 5 heteroatoms. The van der Waals surface area contributed by atoms with Gasteiger partial charge < -0.3 is 9.80 Å². The highest BCUT2D eigenvalue weighted by molar-refractivity contribution is 6.06. The summed E-state index contributed by atoms with van der Waals surface area (Å²) in [5, 5.41) is 0. The van der Waals surface area contributed by atoms with Crippen molar-refractivity contribution in [1.29, 1.82) is 0 Å². The van der Waals surface area contributed by atoms with E-state index in [0.717, 1.165) is 19.3 Å². The van der Waals surface area contributed by atoms with Crippen molar-refractivity contribution >= 4 is 17.5 Å². The van der Waals surface area contributed by atoms with Gasteiger partial charge in [0.1, 0.15) is 18.4 Å². The highest BCUT2D eigenvalue weighted by Gasteiger charge is 2.40. The molecule has 2 fully saturated rings. The van der Waals surface area contributed by atoms with Crippen LogP contribution in [0.15, 0.2) is 24.3 Å². The van der Waals surface area contributed by atoms with Crippen molar-refractivity contribution in [3.63, 3.8) is 0 Å². The second kappa shape index (κ2) is 4.64. The number of fused-ring (bicyclic) bond motifs is 1. The number of piperazine rings is 1. The molecular weight excluding hydrogens is 247 g/mol. The SMILES string of the molecule is O=C1C2CCCCN2C(=O)CN1c1ccc(F)cc1. The molecule has 4 nitrogen and oxygen atoms in total. The number of benzene rings is 1. The fraction of sp³-hybridized carbons (Fsp3) is 0.429. The van der Waals surface area contributed by atoms with Crippen molar-refractivity contribution < 1.29 is 14.0 Å². The van der Waals surface area contributed by atoms with E-state index in [0.29, 0.717) is 12.2 Å². The lowest BCUT2D eigenvalue weighted by Crippen LogP contribution is -2.61. The number of carbonyl (C=O) groups is 2. The maximum atomic E-state index is 12.9. The predicted octanol–water partition coefficient (Wildman–Crippen LogP) is 1.55. The first-order valence-electron chi connectivity index (χ1n) is 6.53. The number of amides is 2. The van der Waals surface area contributed by atoms with Gasteiger partial charge >= 0.3 is 0 Å². The molecular formula is C14H15FN2O2. The summed E-state index contributed by atoms with van der Waals surface area (Å²) in [7, 11) is 0. The van der Waals surface area contributed by atoms with Crippen LogP contribution in [0.1, 0.15) is 19.3 Å². The van der Waals surface area contributed by atoms with Gasteiger partial charge in [-0.15, -0.1) is 0 Å². The summed E-state index contributed by atoms with van der Waals surface area (Å²) in [6, 6.07) is 5.36. The van der Waals surface area contributed by atoms with Crippen molar-refractivity contribution in [3.05, 3.63) is 30.1 Å². The Morgan fingerprint density at radius 3 is 2.58 bits per heavy atom. The van der Waals surface area contributed by atoms with E-state index in [1.54, 1.807) is 17.0 Å². The van der Waals surface area contributed by atoms with Gasteiger partial charge in [-0.25, -0.2) is 4.39 Å². The molecule has 0 spiro atoms. The molecule has 1 aromatic carbocycles. The first-order valence-corrected chi connectivity index (χ1v) is 6.53. The number of hydrogen-bond donors (Lipinski definition) is 0. The Balaban J connectivity index is 1.89. The molecule has 0 bridgehead atoms. The normalized spacial score (nSPS) is 23.5. The second-order valence-electron chi connectivity index (χ2n) is 5.00. The molecule has 1 unspecified atom stereocenters. The summed E-state index contributed by atoms with van der Waals surface area (Å²) in [5.41, 5.74) is 0.588. The fourth-order valence-corrected chi connectivity index (χ4v) is 2.81. The van der Waals surface area contributed by atoms with Gasteiger partial charge in [-0.05, 0) is 43.5 Å². The third-order valence-electron chi connectivity index (χ3n) is 3.81. The van der Waals surface area contributed by atoms with E-state index >= 15 is 0 Å². The third kappa shape index (κ3) is 2.09. The lowest BCUT2D eigenvalue weighted by atomic mass is 9.98. The van der Waals surface area contributed by atoms with E-state index in [9.17, 15) is 14.0 Å². The van der Waals surface area contributed by atoms with Crippen LogP contribution in [-0.4, -0.2) is 35.8 Å². The first kappa shape index (κ1) is 12.1. The molecule has 2 amide bonds. The van der Waals surface area contributed by atoms with E-state index in [1.165, 1.54) is 17.0 Å². The Labute approximate surface area is 110 Å². The van der Waals surface area contributed by atoms with Gasteiger partial charge in [0, 0.05) is 12.2 Å². The first-order chi connectivity index (χ1) is 9.16. The molecule has 0 radical (unpaired) electrons. The highest BCUT2D eigenvalue weighted by Crippen LogP contribution is 2.26. The highest BCUT2D eigenvalue weighted by atomic mass is 19.1. The van der Waals surface area contributed by atoms with E-state index in [2.05, 4.69) is 0 Å². The smallest absolute Gasteiger partial charge is 0.250 e. The van der Waals surface area contributed by atoms with Crippen LogP contribution in [-0.2, 0) is 9.59 Å². The molecule has 2 aliphatic heterocycles. The molecule has 2 heterocycles. The quantitative estimate of drug-likeness (QED) is 0.770. The monoisotopic (exact) mass is 262 g/mol. The summed E-state index contributed by atoms with van der Waals surface area (Å²) in [5.74, 6) is -0.418. The number of piperidine rings is 1. The van der Waals surface area contributed by atoms with Crippen LogP contribution in [0.4, 0.5) is 10.1 Å². The molecule has 2 saturated heterocycles. The van der Waals surface area contributed by atoms with Crippen LogP contribution >= 0.6 is 0 Å². The number of rotatable bonds is 1. The van der Waals surface area contributed by atoms with Crippen molar-refractivity contribution in [2.24, 2.45) is 0 Å². The Kier molecular flexibility index (Phi) is 2.97. The van der Waals surface area contributed by atoms with Crippen molar-refractivity contribution in [1.82, 2.24) is 4.90 Å². The van der Waals surface area contributed by atoms with Crippen LogP contribution in [0.5, 0.6) is 0 Å². The minimum atomic E-state index is -0.348. The van der Waals surface area contributed by atoms with E-state index in [4.69, 9.17) is 0 Å². The van der Waals surface area contributed by atoms with Crippen LogP contribution in [0.2, 0.25) is 0 Å². The predicted molar refractivity (Wildman–Crippen MR) is 68.1 cm³/mol. The minimum absolute atomic E-state index is 0.0198. The number of hydrogen-bond acceptors (Lipinski definition) is 2. The molecule has 1 atom stereocenters. The summed E-state index contributed by atoms with van der Waals surface area (Å²) in [6.45, 7) is 0.730. The zero-order valence-corrected chi connectivity index (χ0v) is 10.5. The number of carbonyl (C=O) groups excluding carboxylic acids is 2. The zero-order chi connectivity index (χ0) is 13.4. The number of anilines is 1. The Bertz CT molecular complexity index is 515. The fourth-order valence-electron chi connectivity index (χ4n) is 2.81. The topological polar surface area (TPSA) is 40.6 Å². The molecule has 1 aromatic rings. The maximum Gasteiger partial charge on any atom is 0.250 e. The molecule has 2 aliphatic rings. The third-order valence-corrected chi connectivity index (χ3v) is 3.81. The summed E-state index contributed by atoms with van der Waals surface area (Å²) < 4.78 is 12.9. The van der Waals surface area contributed by atoms with Crippen molar-refractivity contribution in [2.75, 3.05) is 18.0 Å². The maximum absolute atomic E-state index is 12.9. The number of halogens is 1. The van der Waals surface area contributed by atoms with Gasteiger partial charge in [-0.2, -0.15) is 0 Å². The Morgan fingerprint density at radius 2 is 1.84 bits per heavy atom. The lowest BCUT2D eigenvalue weighted by Gasteiger charge is -2.42.